The fourth-order valence-corrected chi connectivity index (χ4v) is 6.16. The van der Waals surface area contributed by atoms with E-state index in [-0.39, 0.29) is 23.8 Å². The summed E-state index contributed by atoms with van der Waals surface area (Å²) >= 11 is 1.70. The molecule has 1 aliphatic carbocycles. The Kier molecular flexibility index (Phi) is 7.04. The Labute approximate surface area is 195 Å². The third kappa shape index (κ3) is 5.26. The molecule has 0 bridgehead atoms. The lowest BCUT2D eigenvalue weighted by Gasteiger charge is -2.44. The van der Waals surface area contributed by atoms with E-state index in [0.717, 1.165) is 36.2 Å². The molecule has 1 N–H and O–H groups in total. The molecule has 5 heteroatoms. The van der Waals surface area contributed by atoms with E-state index < -0.39 is 0 Å². The molecule has 4 nitrogen and oxygen atoms in total. The molecule has 2 aromatic rings. The average Bonchev–Trinajstić information content (AvgIpc) is 2.78. The monoisotopic (exact) mass is 448 g/mol. The first-order valence-electron chi connectivity index (χ1n) is 11.5. The maximum absolute atomic E-state index is 13.0. The van der Waals surface area contributed by atoms with Gasteiger partial charge in [-0.2, -0.15) is 0 Å². The van der Waals surface area contributed by atoms with Gasteiger partial charge < -0.3 is 10.2 Å². The summed E-state index contributed by atoms with van der Waals surface area (Å²) in [5.41, 5.74) is 4.74. The molecule has 168 valence electrons. The number of hydrogen-bond acceptors (Lipinski definition) is 3. The molecule has 1 saturated heterocycles. The van der Waals surface area contributed by atoms with Gasteiger partial charge >= 0.3 is 0 Å². The van der Waals surface area contributed by atoms with E-state index in [2.05, 4.69) is 55.6 Å². The van der Waals surface area contributed by atoms with E-state index in [4.69, 9.17) is 0 Å². The van der Waals surface area contributed by atoms with Gasteiger partial charge in [0.1, 0.15) is 0 Å². The summed E-state index contributed by atoms with van der Waals surface area (Å²) in [5.74, 6) is 0.174. The van der Waals surface area contributed by atoms with Crippen LogP contribution in [0.15, 0.2) is 53.4 Å². The quantitative estimate of drug-likeness (QED) is 0.672. The second-order valence-corrected chi connectivity index (χ2v) is 10.4. The lowest BCUT2D eigenvalue weighted by atomic mass is 9.83. The molecule has 1 saturated carbocycles. The topological polar surface area (TPSA) is 49.4 Å². The first-order chi connectivity index (χ1) is 15.4. The van der Waals surface area contributed by atoms with Gasteiger partial charge in [-0.3, -0.25) is 9.59 Å². The van der Waals surface area contributed by atoms with Gasteiger partial charge in [0.15, 0.2) is 0 Å². The van der Waals surface area contributed by atoms with Crippen molar-refractivity contribution in [1.29, 1.82) is 0 Å². The van der Waals surface area contributed by atoms with Crippen LogP contribution in [0.25, 0.3) is 6.08 Å². The highest BCUT2D eigenvalue weighted by Crippen LogP contribution is 2.43. The van der Waals surface area contributed by atoms with Crippen LogP contribution in [0.3, 0.4) is 0 Å². The van der Waals surface area contributed by atoms with E-state index in [0.29, 0.717) is 11.8 Å². The van der Waals surface area contributed by atoms with Crippen LogP contribution in [0, 0.1) is 19.8 Å². The number of fused-ring (bicyclic) bond motifs is 1. The van der Waals surface area contributed by atoms with Crippen molar-refractivity contribution in [1.82, 2.24) is 10.2 Å². The maximum atomic E-state index is 13.0. The van der Waals surface area contributed by atoms with Crippen molar-refractivity contribution >= 4 is 29.7 Å². The summed E-state index contributed by atoms with van der Waals surface area (Å²) in [7, 11) is 1.89. The smallest absolute Gasteiger partial charge is 0.260 e. The van der Waals surface area contributed by atoms with Gasteiger partial charge in [0.2, 0.25) is 5.91 Å². The molecule has 4 rings (SSSR count). The first kappa shape index (κ1) is 22.7. The lowest BCUT2D eigenvalue weighted by molar-refractivity contribution is -0.131. The fraction of sp³-hybridized carbons (Fsp3) is 0.407. The number of aryl methyl sites for hydroxylation is 2. The van der Waals surface area contributed by atoms with Crippen LogP contribution in [0.5, 0.6) is 0 Å². The van der Waals surface area contributed by atoms with E-state index in [1.54, 1.807) is 11.8 Å². The Bertz CT molecular complexity index is 1010. The molecular weight excluding hydrogens is 416 g/mol. The Morgan fingerprint density at radius 3 is 2.66 bits per heavy atom. The zero-order valence-corrected chi connectivity index (χ0v) is 20.0. The Morgan fingerprint density at radius 2 is 1.91 bits per heavy atom. The summed E-state index contributed by atoms with van der Waals surface area (Å²) in [6.07, 6.45) is 5.43. The molecule has 1 heterocycles. The number of nitrogens with zero attached hydrogens (tertiary/aromatic N) is 1. The van der Waals surface area contributed by atoms with Crippen LogP contribution in [0.4, 0.5) is 0 Å². The molecule has 2 aliphatic rings. The zero-order valence-electron chi connectivity index (χ0n) is 19.1. The third-order valence-electron chi connectivity index (χ3n) is 6.61. The molecule has 1 aliphatic heterocycles. The highest BCUT2D eigenvalue weighted by Gasteiger charge is 2.42. The number of likely N-dealkylation sites (N-methyl/N-ethyl adjacent to an activating group) is 1. The average molecular weight is 449 g/mol. The predicted octanol–water partition coefficient (Wildman–Crippen LogP) is 4.75. The molecule has 0 radical (unpaired) electrons. The maximum Gasteiger partial charge on any atom is 0.260 e. The zero-order chi connectivity index (χ0) is 22.7. The molecule has 3 unspecified atom stereocenters. The van der Waals surface area contributed by atoms with Crippen LogP contribution in [0.1, 0.15) is 41.5 Å². The van der Waals surface area contributed by atoms with Crippen LogP contribution in [0.2, 0.25) is 0 Å². The van der Waals surface area contributed by atoms with Crippen molar-refractivity contribution in [3.8, 4) is 0 Å². The van der Waals surface area contributed by atoms with Gasteiger partial charge in [0.25, 0.3) is 5.91 Å². The van der Waals surface area contributed by atoms with Crippen LogP contribution in [-0.4, -0.2) is 41.6 Å². The Morgan fingerprint density at radius 1 is 1.12 bits per heavy atom. The lowest BCUT2D eigenvalue weighted by Crippen LogP contribution is -2.52. The van der Waals surface area contributed by atoms with Gasteiger partial charge in [-0.1, -0.05) is 59.7 Å². The van der Waals surface area contributed by atoms with Gasteiger partial charge in [0, 0.05) is 30.8 Å². The van der Waals surface area contributed by atoms with Crippen molar-refractivity contribution in [2.75, 3.05) is 13.6 Å². The molecular formula is C27H32N2O2S. The molecule has 0 aromatic heterocycles. The second-order valence-electron chi connectivity index (χ2n) is 9.10. The first-order valence-corrected chi connectivity index (χ1v) is 12.3. The van der Waals surface area contributed by atoms with Gasteiger partial charge in [0.05, 0.1) is 4.91 Å². The minimum atomic E-state index is -0.0209. The standard InChI is InChI=1S/C27H32N2O2S/c1-18-7-9-20(10-8-18)13-14-28-26(30)22-11-12-24-23(17-22)29(3)27(31)25(32-24)16-21-6-4-5-19(2)15-21/h4-10,15-16,22-24H,11-14,17H2,1-3H3,(H,28,30)/b25-16-. The van der Waals surface area contributed by atoms with Crippen molar-refractivity contribution in [3.63, 3.8) is 0 Å². The number of rotatable bonds is 5. The van der Waals surface area contributed by atoms with Crippen LogP contribution < -0.4 is 5.32 Å². The van der Waals surface area contributed by atoms with Gasteiger partial charge in [-0.05, 0) is 56.7 Å². The Hall–Kier alpha value is -2.53. The minimum absolute atomic E-state index is 0.0209. The van der Waals surface area contributed by atoms with Gasteiger partial charge in [-0.15, -0.1) is 11.8 Å². The van der Waals surface area contributed by atoms with E-state index in [9.17, 15) is 9.59 Å². The number of benzene rings is 2. The van der Waals surface area contributed by atoms with Crippen LogP contribution >= 0.6 is 11.8 Å². The second kappa shape index (κ2) is 9.95. The summed E-state index contributed by atoms with van der Waals surface area (Å²) in [6.45, 7) is 4.79. The molecule has 2 fully saturated rings. The van der Waals surface area contributed by atoms with Gasteiger partial charge in [-0.25, -0.2) is 0 Å². The fourth-order valence-electron chi connectivity index (χ4n) is 4.68. The Balaban J connectivity index is 1.34. The number of nitrogens with one attached hydrogen (secondary N) is 1. The molecule has 2 amide bonds. The third-order valence-corrected chi connectivity index (χ3v) is 8.00. The van der Waals surface area contributed by atoms with Crippen molar-refractivity contribution in [3.05, 3.63) is 75.7 Å². The normalized spacial score (nSPS) is 24.3. The highest BCUT2D eigenvalue weighted by molar-refractivity contribution is 8.04. The van der Waals surface area contributed by atoms with E-state index in [1.807, 2.05) is 30.2 Å². The van der Waals surface area contributed by atoms with Crippen molar-refractivity contribution in [2.45, 2.75) is 50.8 Å². The predicted molar refractivity (Wildman–Crippen MR) is 132 cm³/mol. The summed E-state index contributed by atoms with van der Waals surface area (Å²) in [4.78, 5) is 28.5. The minimum Gasteiger partial charge on any atom is -0.356 e. The van der Waals surface area contributed by atoms with Crippen molar-refractivity contribution in [2.24, 2.45) is 5.92 Å². The molecule has 2 aromatic carbocycles. The molecule has 0 spiro atoms. The number of amides is 2. The summed E-state index contributed by atoms with van der Waals surface area (Å²) in [6, 6.07) is 16.8. The highest BCUT2D eigenvalue weighted by atomic mass is 32.2. The summed E-state index contributed by atoms with van der Waals surface area (Å²) < 4.78 is 0. The van der Waals surface area contributed by atoms with Crippen LogP contribution in [-0.2, 0) is 16.0 Å². The largest absolute Gasteiger partial charge is 0.356 e. The number of carbonyl (C=O) groups is 2. The SMILES string of the molecule is Cc1ccc(CCNC(=O)C2CCC3S/C(=C\c4cccc(C)c4)C(=O)N(C)C3C2)cc1. The van der Waals surface area contributed by atoms with Crippen molar-refractivity contribution < 1.29 is 9.59 Å². The molecule has 3 atom stereocenters. The number of carbonyl (C=O) groups excluding carboxylic acids is 2. The van der Waals surface area contributed by atoms with E-state index >= 15 is 0 Å². The van der Waals surface area contributed by atoms with E-state index in [1.165, 1.54) is 16.7 Å². The summed E-state index contributed by atoms with van der Waals surface area (Å²) in [5, 5.41) is 3.48. The number of thioether (sulfide) groups is 1. The molecule has 32 heavy (non-hydrogen) atoms. The number of hydrogen-bond donors (Lipinski definition) is 1.